The summed E-state index contributed by atoms with van der Waals surface area (Å²) in [5.74, 6) is -0.414. The van der Waals surface area contributed by atoms with Gasteiger partial charge in [0.15, 0.2) is 0 Å². The summed E-state index contributed by atoms with van der Waals surface area (Å²) in [7, 11) is 3.16. The molecule has 0 bridgehead atoms. The van der Waals surface area contributed by atoms with Gasteiger partial charge < -0.3 is 9.64 Å². The highest BCUT2D eigenvalue weighted by atomic mass is 16.5. The second kappa shape index (κ2) is 6.79. The van der Waals surface area contributed by atoms with Gasteiger partial charge in [0.25, 0.3) is 0 Å². The molecule has 3 rings (SSSR count). The van der Waals surface area contributed by atoms with E-state index in [1.807, 2.05) is 18.1 Å². The number of hydrogen-bond acceptors (Lipinski definition) is 6. The van der Waals surface area contributed by atoms with E-state index in [9.17, 15) is 9.59 Å². The Bertz CT molecular complexity index is 758. The van der Waals surface area contributed by atoms with Crippen LogP contribution in [0.25, 0.3) is 0 Å². The van der Waals surface area contributed by atoms with Crippen molar-refractivity contribution in [3.8, 4) is 0 Å². The molecule has 0 radical (unpaired) electrons. The third kappa shape index (κ3) is 3.28. The highest BCUT2D eigenvalue weighted by Gasteiger charge is 2.27. The smallest absolute Gasteiger partial charge is 0.339 e. The lowest BCUT2D eigenvalue weighted by Gasteiger charge is -2.33. The maximum absolute atomic E-state index is 12.4. The molecule has 8 nitrogen and oxygen atoms in total. The van der Waals surface area contributed by atoms with E-state index in [1.165, 1.54) is 7.11 Å². The number of esters is 1. The maximum atomic E-state index is 12.4. The van der Waals surface area contributed by atoms with Gasteiger partial charge in [0, 0.05) is 39.1 Å². The molecule has 24 heavy (non-hydrogen) atoms. The summed E-state index contributed by atoms with van der Waals surface area (Å²) in [6.45, 7) is 1.96. The van der Waals surface area contributed by atoms with Crippen LogP contribution in [0.15, 0.2) is 30.7 Å². The van der Waals surface area contributed by atoms with Gasteiger partial charge in [-0.2, -0.15) is 5.10 Å². The number of anilines is 1. The van der Waals surface area contributed by atoms with E-state index in [-0.39, 0.29) is 12.5 Å². The molecule has 0 aliphatic carbocycles. The average molecular weight is 329 g/mol. The first-order valence-corrected chi connectivity index (χ1v) is 7.62. The predicted molar refractivity (Wildman–Crippen MR) is 86.4 cm³/mol. The van der Waals surface area contributed by atoms with Crippen molar-refractivity contribution in [2.24, 2.45) is 7.05 Å². The van der Waals surface area contributed by atoms with Crippen LogP contribution in [0.3, 0.4) is 0 Å². The van der Waals surface area contributed by atoms with Crippen molar-refractivity contribution in [3.05, 3.63) is 42.0 Å². The predicted octanol–water partition coefficient (Wildman–Crippen LogP) is 0.450. The Kier molecular flexibility index (Phi) is 4.57. The van der Waals surface area contributed by atoms with Gasteiger partial charge in [-0.3, -0.25) is 19.4 Å². The van der Waals surface area contributed by atoms with Crippen molar-refractivity contribution >= 4 is 17.6 Å². The summed E-state index contributed by atoms with van der Waals surface area (Å²) in [5.41, 5.74) is 1.85. The molecule has 1 aliphatic rings. The van der Waals surface area contributed by atoms with Crippen molar-refractivity contribution in [2.75, 3.05) is 31.6 Å². The Morgan fingerprint density at radius 2 is 2.21 bits per heavy atom. The van der Waals surface area contributed by atoms with Gasteiger partial charge in [0.1, 0.15) is 0 Å². The second-order valence-electron chi connectivity index (χ2n) is 5.62. The number of carbonyl (C=O) groups excluding carboxylic acids is 2. The molecule has 1 aliphatic heterocycles. The van der Waals surface area contributed by atoms with Gasteiger partial charge >= 0.3 is 5.97 Å². The standard InChI is InChI=1S/C16H19N5O3/c1-19-9-12(8-18-19)21-7-6-20(11-15(21)22)10-14-13(16(23)24-2)4-3-5-17-14/h3-5,8-9H,6-7,10-11H2,1-2H3. The first kappa shape index (κ1) is 16.1. The van der Waals surface area contributed by atoms with E-state index >= 15 is 0 Å². The fraction of sp³-hybridized carbons (Fsp3) is 0.375. The summed E-state index contributed by atoms with van der Waals surface area (Å²) in [6.07, 6.45) is 5.14. The summed E-state index contributed by atoms with van der Waals surface area (Å²) < 4.78 is 6.45. The van der Waals surface area contributed by atoms with Crippen LogP contribution in [0.2, 0.25) is 0 Å². The molecule has 2 aromatic heterocycles. The van der Waals surface area contributed by atoms with Crippen LogP contribution in [-0.2, 0) is 23.1 Å². The number of nitrogens with zero attached hydrogens (tertiary/aromatic N) is 5. The minimum Gasteiger partial charge on any atom is -0.465 e. The van der Waals surface area contributed by atoms with Crippen molar-refractivity contribution in [3.63, 3.8) is 0 Å². The topological polar surface area (TPSA) is 80.6 Å². The zero-order valence-electron chi connectivity index (χ0n) is 13.7. The molecule has 0 saturated carbocycles. The van der Waals surface area contributed by atoms with Crippen molar-refractivity contribution in [2.45, 2.75) is 6.54 Å². The van der Waals surface area contributed by atoms with Crippen LogP contribution in [0, 0.1) is 0 Å². The molecule has 0 atom stereocenters. The molecule has 0 N–H and O–H groups in total. The quantitative estimate of drug-likeness (QED) is 0.758. The number of methoxy groups -OCH3 is 1. The third-order valence-corrected chi connectivity index (χ3v) is 3.97. The number of carbonyl (C=O) groups is 2. The zero-order valence-corrected chi connectivity index (χ0v) is 13.7. The third-order valence-electron chi connectivity index (χ3n) is 3.97. The van der Waals surface area contributed by atoms with E-state index in [0.29, 0.717) is 30.9 Å². The lowest BCUT2D eigenvalue weighted by Crippen LogP contribution is -2.50. The van der Waals surface area contributed by atoms with E-state index in [0.717, 1.165) is 5.69 Å². The monoisotopic (exact) mass is 329 g/mol. The number of ether oxygens (including phenoxy) is 1. The van der Waals surface area contributed by atoms with Gasteiger partial charge in [0.2, 0.25) is 5.91 Å². The van der Waals surface area contributed by atoms with Gasteiger partial charge in [-0.1, -0.05) is 0 Å². The van der Waals surface area contributed by atoms with Gasteiger partial charge in [-0.15, -0.1) is 0 Å². The second-order valence-corrected chi connectivity index (χ2v) is 5.62. The van der Waals surface area contributed by atoms with Gasteiger partial charge in [0.05, 0.1) is 36.8 Å². The van der Waals surface area contributed by atoms with E-state index in [1.54, 1.807) is 34.1 Å². The summed E-state index contributed by atoms with van der Waals surface area (Å²) in [5, 5.41) is 4.10. The fourth-order valence-electron chi connectivity index (χ4n) is 2.75. The van der Waals surface area contributed by atoms with Crippen LogP contribution in [0.1, 0.15) is 16.1 Å². The lowest BCUT2D eigenvalue weighted by molar-refractivity contribution is -0.121. The zero-order chi connectivity index (χ0) is 17.1. The van der Waals surface area contributed by atoms with Crippen LogP contribution in [-0.4, -0.2) is 58.3 Å². The minimum absolute atomic E-state index is 0.00444. The van der Waals surface area contributed by atoms with Crippen LogP contribution < -0.4 is 4.90 Å². The maximum Gasteiger partial charge on any atom is 0.339 e. The van der Waals surface area contributed by atoms with Crippen molar-refractivity contribution in [1.29, 1.82) is 0 Å². The first-order chi connectivity index (χ1) is 11.6. The molecule has 1 amide bonds. The number of pyridine rings is 1. The Morgan fingerprint density at radius 3 is 2.88 bits per heavy atom. The number of hydrogen-bond donors (Lipinski definition) is 0. The van der Waals surface area contributed by atoms with E-state index in [4.69, 9.17) is 4.74 Å². The van der Waals surface area contributed by atoms with Crippen LogP contribution in [0.4, 0.5) is 5.69 Å². The van der Waals surface area contributed by atoms with Gasteiger partial charge in [-0.25, -0.2) is 4.79 Å². The average Bonchev–Trinajstić information content (AvgIpc) is 3.01. The number of aromatic nitrogens is 3. The number of aryl methyl sites for hydroxylation is 1. The largest absolute Gasteiger partial charge is 0.465 e. The Balaban J connectivity index is 1.69. The molecule has 8 heteroatoms. The van der Waals surface area contributed by atoms with Crippen LogP contribution >= 0.6 is 0 Å². The Hall–Kier alpha value is -2.74. The molecule has 3 heterocycles. The Labute approximate surface area is 139 Å². The molecule has 2 aromatic rings. The molecular weight excluding hydrogens is 310 g/mol. The van der Waals surface area contributed by atoms with Gasteiger partial charge in [-0.05, 0) is 12.1 Å². The first-order valence-electron chi connectivity index (χ1n) is 7.62. The molecule has 1 fully saturated rings. The number of rotatable bonds is 4. The SMILES string of the molecule is COC(=O)c1cccnc1CN1CCN(c2cnn(C)c2)C(=O)C1. The highest BCUT2D eigenvalue weighted by Crippen LogP contribution is 2.18. The van der Waals surface area contributed by atoms with Crippen LogP contribution in [0.5, 0.6) is 0 Å². The summed E-state index contributed by atoms with van der Waals surface area (Å²) in [4.78, 5) is 32.2. The Morgan fingerprint density at radius 1 is 1.38 bits per heavy atom. The normalized spacial score (nSPS) is 15.6. The van der Waals surface area contributed by atoms with Crippen molar-refractivity contribution in [1.82, 2.24) is 19.7 Å². The summed E-state index contributed by atoms with van der Waals surface area (Å²) >= 11 is 0. The highest BCUT2D eigenvalue weighted by molar-refractivity contribution is 5.95. The summed E-state index contributed by atoms with van der Waals surface area (Å²) in [6, 6.07) is 3.38. The molecule has 1 saturated heterocycles. The van der Waals surface area contributed by atoms with Crippen molar-refractivity contribution < 1.29 is 14.3 Å². The molecule has 0 spiro atoms. The molecule has 0 unspecified atom stereocenters. The van der Waals surface area contributed by atoms with E-state index in [2.05, 4.69) is 10.1 Å². The minimum atomic E-state index is -0.418. The fourth-order valence-corrected chi connectivity index (χ4v) is 2.75. The molecule has 0 aromatic carbocycles. The lowest BCUT2D eigenvalue weighted by atomic mass is 10.1. The molecular formula is C16H19N5O3. The van der Waals surface area contributed by atoms with E-state index < -0.39 is 5.97 Å². The molecule has 126 valence electrons. The number of piperazine rings is 1. The number of amides is 1.